The quantitative estimate of drug-likeness (QED) is 0.787. The number of carbonyl (C=O) groups excluding carboxylic acids is 2. The molecule has 0 radical (unpaired) electrons. The average Bonchev–Trinajstić information content (AvgIpc) is 3.14. The largest absolute Gasteiger partial charge is 0.376 e. The van der Waals surface area contributed by atoms with Crippen LogP contribution in [0.25, 0.3) is 0 Å². The van der Waals surface area contributed by atoms with Gasteiger partial charge in [0.25, 0.3) is 0 Å². The molecule has 0 aliphatic carbocycles. The summed E-state index contributed by atoms with van der Waals surface area (Å²) in [4.78, 5) is 23.3. The molecule has 2 rings (SSSR count). The highest BCUT2D eigenvalue weighted by Crippen LogP contribution is 2.15. The molecular formula is C13H20N4O3S. The SMILES string of the molecule is CCc1nnc(NC(=O)CCC(=O)NC[C@H]2CCCO2)s1. The number of aromatic nitrogens is 2. The van der Waals surface area contributed by atoms with E-state index in [1.807, 2.05) is 6.92 Å². The molecule has 2 heterocycles. The van der Waals surface area contributed by atoms with Gasteiger partial charge in [-0.3, -0.25) is 9.59 Å². The Labute approximate surface area is 127 Å². The third kappa shape index (κ3) is 5.39. The van der Waals surface area contributed by atoms with Crippen LogP contribution in [-0.4, -0.2) is 41.3 Å². The number of hydrogen-bond donors (Lipinski definition) is 2. The first-order valence-corrected chi connectivity index (χ1v) is 7.99. The second-order valence-electron chi connectivity index (χ2n) is 4.84. The lowest BCUT2D eigenvalue weighted by Crippen LogP contribution is -2.32. The number of nitrogens with zero attached hydrogens (tertiary/aromatic N) is 2. The highest BCUT2D eigenvalue weighted by Gasteiger charge is 2.16. The predicted molar refractivity (Wildman–Crippen MR) is 79.1 cm³/mol. The van der Waals surface area contributed by atoms with Crippen LogP contribution < -0.4 is 10.6 Å². The Kier molecular flexibility index (Phi) is 6.06. The Morgan fingerprint density at radius 3 is 2.81 bits per heavy atom. The van der Waals surface area contributed by atoms with E-state index in [2.05, 4.69) is 20.8 Å². The van der Waals surface area contributed by atoms with Crippen LogP contribution in [0.2, 0.25) is 0 Å². The summed E-state index contributed by atoms with van der Waals surface area (Å²) in [5.74, 6) is -0.353. The molecule has 0 spiro atoms. The molecule has 2 amide bonds. The maximum absolute atomic E-state index is 11.7. The van der Waals surface area contributed by atoms with E-state index in [-0.39, 0.29) is 30.8 Å². The Morgan fingerprint density at radius 1 is 1.33 bits per heavy atom. The maximum Gasteiger partial charge on any atom is 0.226 e. The fourth-order valence-corrected chi connectivity index (χ4v) is 2.67. The molecule has 1 aliphatic heterocycles. The fourth-order valence-electron chi connectivity index (χ4n) is 1.98. The minimum absolute atomic E-state index is 0.122. The smallest absolute Gasteiger partial charge is 0.226 e. The number of ether oxygens (including phenoxy) is 1. The molecule has 0 bridgehead atoms. The molecule has 1 aromatic rings. The molecule has 1 aliphatic rings. The lowest BCUT2D eigenvalue weighted by molar-refractivity contribution is -0.124. The predicted octanol–water partition coefficient (Wildman–Crippen LogP) is 1.11. The van der Waals surface area contributed by atoms with Gasteiger partial charge in [0.05, 0.1) is 6.10 Å². The minimum atomic E-state index is -0.221. The Hall–Kier alpha value is -1.54. The Balaban J connectivity index is 1.62. The van der Waals surface area contributed by atoms with Crippen molar-refractivity contribution in [3.8, 4) is 0 Å². The topological polar surface area (TPSA) is 93.2 Å². The normalized spacial score (nSPS) is 17.7. The van der Waals surface area contributed by atoms with Gasteiger partial charge in [-0.25, -0.2) is 0 Å². The molecule has 0 aromatic carbocycles. The number of nitrogens with one attached hydrogen (secondary N) is 2. The van der Waals surface area contributed by atoms with Crippen molar-refractivity contribution in [2.24, 2.45) is 0 Å². The van der Waals surface area contributed by atoms with Gasteiger partial charge in [0, 0.05) is 26.0 Å². The highest BCUT2D eigenvalue weighted by atomic mass is 32.1. The van der Waals surface area contributed by atoms with E-state index in [1.165, 1.54) is 11.3 Å². The molecule has 1 aromatic heterocycles. The van der Waals surface area contributed by atoms with Gasteiger partial charge >= 0.3 is 0 Å². The van der Waals surface area contributed by atoms with Crippen LogP contribution in [-0.2, 0) is 20.7 Å². The summed E-state index contributed by atoms with van der Waals surface area (Å²) >= 11 is 1.35. The van der Waals surface area contributed by atoms with Crippen LogP contribution in [0.5, 0.6) is 0 Å². The van der Waals surface area contributed by atoms with Gasteiger partial charge < -0.3 is 15.4 Å². The summed E-state index contributed by atoms with van der Waals surface area (Å²) in [6, 6.07) is 0. The van der Waals surface area contributed by atoms with E-state index in [0.717, 1.165) is 30.9 Å². The number of rotatable bonds is 7. The zero-order valence-corrected chi connectivity index (χ0v) is 12.9. The second kappa shape index (κ2) is 8.04. The summed E-state index contributed by atoms with van der Waals surface area (Å²) in [5, 5.41) is 14.6. The molecule has 1 atom stereocenters. The van der Waals surface area contributed by atoms with Crippen molar-refractivity contribution in [1.82, 2.24) is 15.5 Å². The monoisotopic (exact) mass is 312 g/mol. The molecule has 2 N–H and O–H groups in total. The molecule has 7 nitrogen and oxygen atoms in total. The van der Waals surface area contributed by atoms with Crippen LogP contribution in [0.3, 0.4) is 0 Å². The van der Waals surface area contributed by atoms with E-state index >= 15 is 0 Å². The standard InChI is InChI=1S/C13H20N4O3S/c1-2-12-16-17-13(21-12)15-11(19)6-5-10(18)14-8-9-4-3-7-20-9/h9H,2-8H2,1H3,(H,14,18)(H,15,17,19)/t9-/m1/s1. The first kappa shape index (κ1) is 15.8. The van der Waals surface area contributed by atoms with Crippen molar-refractivity contribution in [3.63, 3.8) is 0 Å². The average molecular weight is 312 g/mol. The van der Waals surface area contributed by atoms with Crippen molar-refractivity contribution in [2.75, 3.05) is 18.5 Å². The van der Waals surface area contributed by atoms with Crippen LogP contribution in [0.4, 0.5) is 5.13 Å². The summed E-state index contributed by atoms with van der Waals surface area (Å²) in [5.41, 5.74) is 0. The zero-order valence-electron chi connectivity index (χ0n) is 12.1. The van der Waals surface area contributed by atoms with Crippen LogP contribution in [0, 0.1) is 0 Å². The highest BCUT2D eigenvalue weighted by molar-refractivity contribution is 7.15. The van der Waals surface area contributed by atoms with Gasteiger partial charge in [-0.15, -0.1) is 10.2 Å². The molecular weight excluding hydrogens is 292 g/mol. The molecule has 116 valence electrons. The van der Waals surface area contributed by atoms with E-state index in [1.54, 1.807) is 0 Å². The Morgan fingerprint density at radius 2 is 2.14 bits per heavy atom. The molecule has 0 saturated carbocycles. The van der Waals surface area contributed by atoms with Crippen molar-refractivity contribution in [2.45, 2.75) is 45.1 Å². The van der Waals surface area contributed by atoms with Crippen molar-refractivity contribution < 1.29 is 14.3 Å². The van der Waals surface area contributed by atoms with Crippen molar-refractivity contribution in [1.29, 1.82) is 0 Å². The van der Waals surface area contributed by atoms with Gasteiger partial charge in [-0.05, 0) is 19.3 Å². The first-order chi connectivity index (χ1) is 10.2. The molecule has 21 heavy (non-hydrogen) atoms. The summed E-state index contributed by atoms with van der Waals surface area (Å²) in [6.07, 6.45) is 3.24. The summed E-state index contributed by atoms with van der Waals surface area (Å²) in [7, 11) is 0. The molecule has 1 fully saturated rings. The number of hydrogen-bond acceptors (Lipinski definition) is 6. The molecule has 0 unspecified atom stereocenters. The molecule has 1 saturated heterocycles. The van der Waals surface area contributed by atoms with Crippen molar-refractivity contribution in [3.05, 3.63) is 5.01 Å². The second-order valence-corrected chi connectivity index (χ2v) is 5.90. The summed E-state index contributed by atoms with van der Waals surface area (Å²) < 4.78 is 5.41. The van der Waals surface area contributed by atoms with Gasteiger partial charge in [0.2, 0.25) is 16.9 Å². The lowest BCUT2D eigenvalue weighted by Gasteiger charge is -2.10. The minimum Gasteiger partial charge on any atom is -0.376 e. The van der Waals surface area contributed by atoms with Gasteiger partial charge in [0.1, 0.15) is 5.01 Å². The summed E-state index contributed by atoms with van der Waals surface area (Å²) in [6.45, 7) is 3.27. The molecule has 8 heteroatoms. The Bertz CT molecular complexity index is 486. The van der Waals surface area contributed by atoms with E-state index in [0.29, 0.717) is 11.7 Å². The van der Waals surface area contributed by atoms with Gasteiger partial charge in [0.15, 0.2) is 0 Å². The lowest BCUT2D eigenvalue weighted by atomic mass is 10.2. The number of carbonyl (C=O) groups is 2. The fraction of sp³-hybridized carbons (Fsp3) is 0.692. The van der Waals surface area contributed by atoms with Crippen LogP contribution >= 0.6 is 11.3 Å². The van der Waals surface area contributed by atoms with Gasteiger partial charge in [-0.1, -0.05) is 18.3 Å². The maximum atomic E-state index is 11.7. The van der Waals surface area contributed by atoms with E-state index in [9.17, 15) is 9.59 Å². The van der Waals surface area contributed by atoms with E-state index < -0.39 is 0 Å². The first-order valence-electron chi connectivity index (χ1n) is 7.18. The zero-order chi connectivity index (χ0) is 15.1. The van der Waals surface area contributed by atoms with Crippen molar-refractivity contribution >= 4 is 28.3 Å². The van der Waals surface area contributed by atoms with Gasteiger partial charge in [-0.2, -0.15) is 0 Å². The van der Waals surface area contributed by atoms with Crippen LogP contribution in [0.1, 0.15) is 37.6 Å². The number of amides is 2. The third-order valence-electron chi connectivity index (χ3n) is 3.15. The number of aryl methyl sites for hydroxylation is 1. The third-order valence-corrected chi connectivity index (χ3v) is 4.13. The van der Waals surface area contributed by atoms with Crippen LogP contribution in [0.15, 0.2) is 0 Å². The number of anilines is 1. The van der Waals surface area contributed by atoms with E-state index in [4.69, 9.17) is 4.74 Å².